The molecule has 4 nitrogen and oxygen atoms in total. The third-order valence-corrected chi connectivity index (χ3v) is 5.01. The lowest BCUT2D eigenvalue weighted by molar-refractivity contribution is -0.121. The second-order valence-electron chi connectivity index (χ2n) is 6.04. The summed E-state index contributed by atoms with van der Waals surface area (Å²) in [6.07, 6.45) is 1.42. The van der Waals surface area contributed by atoms with Crippen LogP contribution in [0.25, 0.3) is 0 Å². The van der Waals surface area contributed by atoms with Crippen molar-refractivity contribution in [2.75, 3.05) is 18.4 Å². The number of likely N-dealkylation sites (tertiary alicyclic amines) is 1. The maximum Gasteiger partial charge on any atom is 0.256 e. The van der Waals surface area contributed by atoms with E-state index in [1.54, 1.807) is 17.0 Å². The number of hydrogen-bond donors (Lipinski definition) is 1. The summed E-state index contributed by atoms with van der Waals surface area (Å²) in [4.78, 5) is 26.7. The van der Waals surface area contributed by atoms with Crippen LogP contribution in [0.2, 0.25) is 0 Å². The highest BCUT2D eigenvalue weighted by molar-refractivity contribution is 9.10. The highest BCUT2D eigenvalue weighted by Crippen LogP contribution is 2.25. The first-order valence-corrected chi connectivity index (χ1v) is 8.95. The molecule has 1 fully saturated rings. The zero-order valence-corrected chi connectivity index (χ0v) is 15.1. The number of piperidine rings is 1. The Balaban J connectivity index is 1.69. The van der Waals surface area contributed by atoms with E-state index in [2.05, 4.69) is 21.2 Å². The molecule has 2 aromatic carbocycles. The van der Waals surface area contributed by atoms with Gasteiger partial charge in [0.25, 0.3) is 5.91 Å². The number of nitrogens with one attached hydrogen (secondary N) is 1. The van der Waals surface area contributed by atoms with Gasteiger partial charge in [-0.2, -0.15) is 0 Å². The molecule has 6 heteroatoms. The van der Waals surface area contributed by atoms with Crippen LogP contribution in [0, 0.1) is 11.7 Å². The van der Waals surface area contributed by atoms with Crippen molar-refractivity contribution in [1.29, 1.82) is 0 Å². The van der Waals surface area contributed by atoms with Gasteiger partial charge in [0.2, 0.25) is 5.91 Å². The van der Waals surface area contributed by atoms with Crippen LogP contribution in [0.4, 0.5) is 10.1 Å². The maximum atomic E-state index is 13.9. The molecule has 2 amide bonds. The summed E-state index contributed by atoms with van der Waals surface area (Å²) >= 11 is 3.40. The predicted octanol–water partition coefficient (Wildman–Crippen LogP) is 4.08. The Bertz CT molecular complexity index is 796. The van der Waals surface area contributed by atoms with E-state index in [0.29, 0.717) is 31.6 Å². The van der Waals surface area contributed by atoms with Gasteiger partial charge in [-0.3, -0.25) is 9.59 Å². The van der Waals surface area contributed by atoms with Crippen LogP contribution in [0.1, 0.15) is 23.2 Å². The third-order valence-electron chi connectivity index (χ3n) is 4.32. The summed E-state index contributed by atoms with van der Waals surface area (Å²) in [6, 6.07) is 13.3. The Morgan fingerprint density at radius 1 is 1.12 bits per heavy atom. The Hall–Kier alpha value is -2.21. The van der Waals surface area contributed by atoms with E-state index in [1.807, 2.05) is 24.3 Å². The molecule has 25 heavy (non-hydrogen) atoms. The number of amides is 2. The number of nitrogens with zero attached hydrogens (tertiary/aromatic N) is 1. The quantitative estimate of drug-likeness (QED) is 0.837. The summed E-state index contributed by atoms with van der Waals surface area (Å²) in [5.41, 5.74) is 0.749. The molecule has 0 unspecified atom stereocenters. The fourth-order valence-corrected chi connectivity index (χ4v) is 3.36. The average Bonchev–Trinajstić information content (AvgIpc) is 2.63. The molecule has 1 saturated heterocycles. The van der Waals surface area contributed by atoms with Crippen LogP contribution >= 0.6 is 15.9 Å². The van der Waals surface area contributed by atoms with Gasteiger partial charge in [-0.05, 0) is 53.0 Å². The molecule has 1 aliphatic rings. The van der Waals surface area contributed by atoms with E-state index in [0.717, 1.165) is 4.47 Å². The minimum Gasteiger partial charge on any atom is -0.338 e. The molecule has 0 radical (unpaired) electrons. The number of halogens is 2. The van der Waals surface area contributed by atoms with E-state index < -0.39 is 5.82 Å². The van der Waals surface area contributed by atoms with E-state index >= 15 is 0 Å². The number of carbonyl (C=O) groups is 2. The lowest BCUT2D eigenvalue weighted by Crippen LogP contribution is -2.44. The van der Waals surface area contributed by atoms with Crippen LogP contribution in [0.3, 0.4) is 0 Å². The Morgan fingerprint density at radius 3 is 2.60 bits per heavy atom. The van der Waals surface area contributed by atoms with Crippen molar-refractivity contribution in [3.63, 3.8) is 0 Å². The van der Waals surface area contributed by atoms with E-state index in [9.17, 15) is 14.0 Å². The molecular formula is C19H18BrFN2O2. The molecule has 1 aliphatic heterocycles. The fourth-order valence-electron chi connectivity index (χ4n) is 2.98. The molecule has 130 valence electrons. The van der Waals surface area contributed by atoms with Gasteiger partial charge in [0.1, 0.15) is 5.82 Å². The summed E-state index contributed by atoms with van der Waals surface area (Å²) in [7, 11) is 0. The summed E-state index contributed by atoms with van der Waals surface area (Å²) in [5.74, 6) is -1.33. The third kappa shape index (κ3) is 4.07. The second kappa shape index (κ2) is 7.78. The van der Waals surface area contributed by atoms with Gasteiger partial charge in [-0.15, -0.1) is 0 Å². The lowest BCUT2D eigenvalue weighted by Gasteiger charge is -2.32. The summed E-state index contributed by atoms with van der Waals surface area (Å²) in [6.45, 7) is 0.829. The highest BCUT2D eigenvalue weighted by Gasteiger charge is 2.30. The van der Waals surface area contributed by atoms with Crippen molar-refractivity contribution >= 4 is 33.4 Å². The van der Waals surface area contributed by atoms with Crippen molar-refractivity contribution in [1.82, 2.24) is 4.90 Å². The smallest absolute Gasteiger partial charge is 0.256 e. The zero-order valence-electron chi connectivity index (χ0n) is 13.5. The molecule has 1 heterocycles. The van der Waals surface area contributed by atoms with Crippen LogP contribution in [0.5, 0.6) is 0 Å². The van der Waals surface area contributed by atoms with Crippen molar-refractivity contribution in [2.24, 2.45) is 5.92 Å². The maximum absolute atomic E-state index is 13.9. The molecule has 0 aromatic heterocycles. The number of anilines is 1. The molecule has 0 aliphatic carbocycles. The first-order chi connectivity index (χ1) is 12.1. The molecule has 0 spiro atoms. The standard InChI is InChI=1S/C19H18BrFN2O2/c20-15-8-2-4-10-17(15)22-18(24)13-6-5-11-23(12-13)19(25)14-7-1-3-9-16(14)21/h1-4,7-10,13H,5-6,11-12H2,(H,22,24)/t13-/m0/s1. The van der Waals surface area contributed by atoms with Crippen molar-refractivity contribution in [2.45, 2.75) is 12.8 Å². The van der Waals surface area contributed by atoms with E-state index in [4.69, 9.17) is 0 Å². The minimum absolute atomic E-state index is 0.0503. The number of hydrogen-bond acceptors (Lipinski definition) is 2. The topological polar surface area (TPSA) is 49.4 Å². The number of para-hydroxylation sites is 1. The average molecular weight is 405 g/mol. The predicted molar refractivity (Wildman–Crippen MR) is 97.8 cm³/mol. The van der Waals surface area contributed by atoms with Crippen LogP contribution < -0.4 is 5.32 Å². The molecule has 3 rings (SSSR count). The number of benzene rings is 2. The Labute approximate surface area is 154 Å². The normalized spacial score (nSPS) is 17.2. The molecule has 1 atom stereocenters. The Kier molecular flexibility index (Phi) is 5.48. The monoisotopic (exact) mass is 404 g/mol. The number of rotatable bonds is 3. The van der Waals surface area contributed by atoms with Gasteiger partial charge in [-0.1, -0.05) is 24.3 Å². The van der Waals surface area contributed by atoms with Crippen LogP contribution in [-0.2, 0) is 4.79 Å². The van der Waals surface area contributed by atoms with Gasteiger partial charge in [0, 0.05) is 17.6 Å². The molecule has 1 N–H and O–H groups in total. The zero-order chi connectivity index (χ0) is 17.8. The van der Waals surface area contributed by atoms with Gasteiger partial charge in [-0.25, -0.2) is 4.39 Å². The molecule has 0 saturated carbocycles. The fraction of sp³-hybridized carbons (Fsp3) is 0.263. The van der Waals surface area contributed by atoms with Gasteiger partial charge in [0.15, 0.2) is 0 Å². The second-order valence-corrected chi connectivity index (χ2v) is 6.89. The van der Waals surface area contributed by atoms with Crippen molar-refractivity contribution in [3.05, 3.63) is 64.4 Å². The SMILES string of the molecule is O=C(Nc1ccccc1Br)[C@H]1CCCN(C(=O)c2ccccc2F)C1. The van der Waals surface area contributed by atoms with Gasteiger partial charge < -0.3 is 10.2 Å². The first-order valence-electron chi connectivity index (χ1n) is 8.15. The summed E-state index contributed by atoms with van der Waals surface area (Å²) < 4.78 is 14.7. The van der Waals surface area contributed by atoms with Crippen molar-refractivity contribution in [3.8, 4) is 0 Å². The Morgan fingerprint density at radius 2 is 1.84 bits per heavy atom. The molecule has 0 bridgehead atoms. The lowest BCUT2D eigenvalue weighted by atomic mass is 9.96. The minimum atomic E-state index is -0.535. The number of carbonyl (C=O) groups excluding carboxylic acids is 2. The molecule has 2 aromatic rings. The van der Waals surface area contributed by atoms with E-state index in [-0.39, 0.29) is 23.3 Å². The van der Waals surface area contributed by atoms with E-state index in [1.165, 1.54) is 12.1 Å². The first kappa shape index (κ1) is 17.6. The van der Waals surface area contributed by atoms with Crippen LogP contribution in [0.15, 0.2) is 53.0 Å². The molecular weight excluding hydrogens is 387 g/mol. The highest BCUT2D eigenvalue weighted by atomic mass is 79.9. The largest absolute Gasteiger partial charge is 0.338 e. The van der Waals surface area contributed by atoms with Gasteiger partial charge in [0.05, 0.1) is 17.2 Å². The van der Waals surface area contributed by atoms with Crippen LogP contribution in [-0.4, -0.2) is 29.8 Å². The van der Waals surface area contributed by atoms with Gasteiger partial charge >= 0.3 is 0 Å². The summed E-state index contributed by atoms with van der Waals surface area (Å²) in [5, 5.41) is 2.89. The van der Waals surface area contributed by atoms with Crippen molar-refractivity contribution < 1.29 is 14.0 Å².